The summed E-state index contributed by atoms with van der Waals surface area (Å²) in [7, 11) is 0. The molecule has 0 fully saturated rings. The molecule has 0 bridgehead atoms. The van der Waals surface area contributed by atoms with Crippen molar-refractivity contribution in [2.75, 3.05) is 4.90 Å². The van der Waals surface area contributed by atoms with E-state index in [0.717, 1.165) is 61.3 Å². The Morgan fingerprint density at radius 1 is 0.344 bits per heavy atom. The van der Waals surface area contributed by atoms with Gasteiger partial charge in [0.1, 0.15) is 11.2 Å². The summed E-state index contributed by atoms with van der Waals surface area (Å²) in [5.41, 5.74) is 15.3. The van der Waals surface area contributed by atoms with Crippen molar-refractivity contribution in [2.45, 2.75) is 0 Å². The molecule has 2 aromatic heterocycles. The predicted octanol–water partition coefficient (Wildman–Crippen LogP) is 16.3. The van der Waals surface area contributed by atoms with Crippen LogP contribution in [-0.2, 0) is 0 Å². The van der Waals surface area contributed by atoms with Crippen LogP contribution in [0.2, 0.25) is 0 Å². The number of furan rings is 1. The summed E-state index contributed by atoms with van der Waals surface area (Å²) in [6.45, 7) is 0. The maximum atomic E-state index is 6.97. The smallest absolute Gasteiger partial charge is 0.143 e. The third-order valence-corrected chi connectivity index (χ3v) is 12.2. The van der Waals surface area contributed by atoms with Crippen LogP contribution < -0.4 is 4.90 Å². The Balaban J connectivity index is 1.12. The fourth-order valence-electron chi connectivity index (χ4n) is 9.29. The summed E-state index contributed by atoms with van der Waals surface area (Å²) in [6.07, 6.45) is 0. The molecular formula is C58H38N2O. The number of para-hydroxylation sites is 2. The highest BCUT2D eigenvalue weighted by Crippen LogP contribution is 2.46. The van der Waals surface area contributed by atoms with Crippen molar-refractivity contribution in [2.24, 2.45) is 0 Å². The summed E-state index contributed by atoms with van der Waals surface area (Å²) in [6, 6.07) is 82.9. The fourth-order valence-corrected chi connectivity index (χ4v) is 9.29. The van der Waals surface area contributed by atoms with Gasteiger partial charge in [0.2, 0.25) is 0 Å². The van der Waals surface area contributed by atoms with Crippen molar-refractivity contribution in [3.63, 3.8) is 0 Å². The summed E-state index contributed by atoms with van der Waals surface area (Å²) in [5, 5.41) is 6.97. The first-order chi connectivity index (χ1) is 30.2. The molecule has 0 saturated carbocycles. The van der Waals surface area contributed by atoms with E-state index >= 15 is 0 Å². The van der Waals surface area contributed by atoms with Crippen LogP contribution in [0.15, 0.2) is 235 Å². The molecule has 3 heteroatoms. The van der Waals surface area contributed by atoms with E-state index in [-0.39, 0.29) is 0 Å². The molecule has 0 aliphatic heterocycles. The fraction of sp³-hybridized carbons (Fsp3) is 0. The molecule has 0 radical (unpaired) electrons. The maximum absolute atomic E-state index is 6.97. The number of hydrogen-bond donors (Lipinski definition) is 0. The zero-order valence-corrected chi connectivity index (χ0v) is 33.2. The first-order valence-electron chi connectivity index (χ1n) is 20.8. The highest BCUT2D eigenvalue weighted by Gasteiger charge is 2.22. The van der Waals surface area contributed by atoms with Gasteiger partial charge in [0.05, 0.1) is 11.0 Å². The van der Waals surface area contributed by atoms with E-state index in [2.05, 4.69) is 240 Å². The van der Waals surface area contributed by atoms with Gasteiger partial charge in [0.15, 0.2) is 0 Å². The minimum absolute atomic E-state index is 0.875. The first kappa shape index (κ1) is 34.9. The number of benzene rings is 10. The molecule has 2 heterocycles. The van der Waals surface area contributed by atoms with Crippen molar-refractivity contribution in [3.8, 4) is 39.1 Å². The second kappa shape index (κ2) is 14.3. The van der Waals surface area contributed by atoms with Gasteiger partial charge in [-0.2, -0.15) is 0 Å². The molecule has 10 aromatic carbocycles. The molecule has 61 heavy (non-hydrogen) atoms. The molecule has 3 nitrogen and oxygen atoms in total. The molecule has 0 atom stereocenters. The van der Waals surface area contributed by atoms with Crippen LogP contribution in [0.1, 0.15) is 0 Å². The Morgan fingerprint density at radius 2 is 0.885 bits per heavy atom. The van der Waals surface area contributed by atoms with Gasteiger partial charge < -0.3 is 13.9 Å². The lowest BCUT2D eigenvalue weighted by Gasteiger charge is -2.27. The van der Waals surface area contributed by atoms with Crippen LogP contribution in [0.4, 0.5) is 17.1 Å². The first-order valence-corrected chi connectivity index (χ1v) is 20.8. The van der Waals surface area contributed by atoms with Crippen molar-refractivity contribution in [1.29, 1.82) is 0 Å². The number of aromatic nitrogens is 1. The minimum atomic E-state index is 0.875. The summed E-state index contributed by atoms with van der Waals surface area (Å²) >= 11 is 0. The van der Waals surface area contributed by atoms with Crippen LogP contribution in [0.5, 0.6) is 0 Å². The number of fused-ring (bicyclic) bond motifs is 8. The molecule has 0 N–H and O–H groups in total. The molecule has 0 aliphatic rings. The summed E-state index contributed by atoms with van der Waals surface area (Å²) in [5.74, 6) is 0. The molecular weight excluding hydrogens is 741 g/mol. The van der Waals surface area contributed by atoms with E-state index in [1.54, 1.807) is 0 Å². The highest BCUT2D eigenvalue weighted by molar-refractivity contribution is 6.22. The molecule has 0 aliphatic carbocycles. The summed E-state index contributed by atoms with van der Waals surface area (Å²) in [4.78, 5) is 2.39. The van der Waals surface area contributed by atoms with Gasteiger partial charge >= 0.3 is 0 Å². The van der Waals surface area contributed by atoms with Gasteiger partial charge in [0, 0.05) is 49.9 Å². The van der Waals surface area contributed by atoms with E-state index < -0.39 is 0 Å². The lowest BCUT2D eigenvalue weighted by atomic mass is 9.97. The molecule has 0 spiro atoms. The third-order valence-electron chi connectivity index (χ3n) is 12.2. The summed E-state index contributed by atoms with van der Waals surface area (Å²) < 4.78 is 9.34. The SMILES string of the molecule is c1ccc(-c2ccc(N(c3ccc(-c4ccccc4)cc3)c3cc(-c4ccc5c(c4)c4ccccc4n5-c4ccccc4)c4oc5ccc6ccccc6c5c4c3)cc2)cc1. The van der Waals surface area contributed by atoms with Gasteiger partial charge in [-0.25, -0.2) is 0 Å². The largest absolute Gasteiger partial charge is 0.455 e. The van der Waals surface area contributed by atoms with Crippen molar-refractivity contribution in [3.05, 3.63) is 231 Å². The van der Waals surface area contributed by atoms with Crippen molar-refractivity contribution >= 4 is 71.6 Å². The van der Waals surface area contributed by atoms with Crippen molar-refractivity contribution in [1.82, 2.24) is 4.57 Å². The number of hydrogen-bond acceptors (Lipinski definition) is 2. The monoisotopic (exact) mass is 778 g/mol. The van der Waals surface area contributed by atoms with Crippen LogP contribution in [0.25, 0.3) is 93.6 Å². The van der Waals surface area contributed by atoms with E-state index in [9.17, 15) is 0 Å². The zero-order valence-electron chi connectivity index (χ0n) is 33.2. The average Bonchev–Trinajstić information content (AvgIpc) is 3.89. The van der Waals surface area contributed by atoms with Crippen molar-refractivity contribution < 1.29 is 4.42 Å². The second-order valence-electron chi connectivity index (χ2n) is 15.7. The maximum Gasteiger partial charge on any atom is 0.143 e. The van der Waals surface area contributed by atoms with Crippen LogP contribution in [-0.4, -0.2) is 4.57 Å². The Bertz CT molecular complexity index is 3470. The number of rotatable bonds is 7. The van der Waals surface area contributed by atoms with Gasteiger partial charge in [-0.05, 0) is 111 Å². The normalized spacial score (nSPS) is 11.6. The lowest BCUT2D eigenvalue weighted by Crippen LogP contribution is -2.10. The Morgan fingerprint density at radius 3 is 1.56 bits per heavy atom. The second-order valence-corrected chi connectivity index (χ2v) is 15.7. The molecule has 12 aromatic rings. The van der Waals surface area contributed by atoms with Gasteiger partial charge in [-0.1, -0.05) is 158 Å². The molecule has 0 saturated heterocycles. The number of anilines is 3. The van der Waals surface area contributed by atoms with Gasteiger partial charge in [0.25, 0.3) is 0 Å². The predicted molar refractivity (Wildman–Crippen MR) is 257 cm³/mol. The minimum Gasteiger partial charge on any atom is -0.455 e. The van der Waals surface area contributed by atoms with E-state index in [0.29, 0.717) is 0 Å². The van der Waals surface area contributed by atoms with Crippen LogP contribution >= 0.6 is 0 Å². The average molecular weight is 779 g/mol. The van der Waals surface area contributed by atoms with Crippen LogP contribution in [0, 0.1) is 0 Å². The van der Waals surface area contributed by atoms with Gasteiger partial charge in [-0.3, -0.25) is 0 Å². The van der Waals surface area contributed by atoms with Crippen LogP contribution in [0.3, 0.4) is 0 Å². The Labute approximate surface area is 353 Å². The topological polar surface area (TPSA) is 21.3 Å². The molecule has 0 amide bonds. The van der Waals surface area contributed by atoms with E-state index in [1.165, 1.54) is 49.3 Å². The standard InChI is InChI=1S/C58H38N2O/c1-4-14-39(15-5-1)41-24-30-46(31-25-41)59(47-32-26-42(27-33-47)40-16-6-2-7-17-40)48-37-51(58-53(38-48)57-49-21-11-10-18-43(49)29-35-56(57)61-58)44-28-34-55-52(36-44)50-22-12-13-23-54(50)60(55)45-19-8-3-9-20-45/h1-38H. The molecule has 12 rings (SSSR count). The quantitative estimate of drug-likeness (QED) is 0.161. The van der Waals surface area contributed by atoms with Gasteiger partial charge in [-0.15, -0.1) is 0 Å². The third kappa shape index (κ3) is 5.90. The highest BCUT2D eigenvalue weighted by atomic mass is 16.3. The Hall–Kier alpha value is -8.14. The van der Waals surface area contributed by atoms with E-state index in [4.69, 9.17) is 4.42 Å². The molecule has 286 valence electrons. The lowest BCUT2D eigenvalue weighted by molar-refractivity contribution is 0.670. The Kier molecular flexibility index (Phi) is 8.17. The molecule has 0 unspecified atom stereocenters. The van der Waals surface area contributed by atoms with E-state index in [1.807, 2.05) is 0 Å². The zero-order chi connectivity index (χ0) is 40.3. The number of nitrogens with zero attached hydrogens (tertiary/aromatic N) is 2.